The van der Waals surface area contributed by atoms with Gasteiger partial charge < -0.3 is 15.8 Å². The maximum atomic E-state index is 12.2. The summed E-state index contributed by atoms with van der Waals surface area (Å²) in [5.74, 6) is 0.115. The van der Waals surface area contributed by atoms with Crippen LogP contribution in [0.4, 0.5) is 5.69 Å². The number of thiophene rings is 1. The van der Waals surface area contributed by atoms with Gasteiger partial charge in [0.1, 0.15) is 4.88 Å². The fraction of sp³-hybridized carbons (Fsp3) is 0.600. The summed E-state index contributed by atoms with van der Waals surface area (Å²) in [5.41, 5.74) is 7.14. The number of hydrogen-bond donors (Lipinski definition) is 2. The predicted octanol–water partition coefficient (Wildman–Crippen LogP) is 2.79. The Hall–Kier alpha value is -1.40. The second-order valence-electron chi connectivity index (χ2n) is 5.60. The van der Waals surface area contributed by atoms with Crippen LogP contribution in [0.3, 0.4) is 0 Å². The molecule has 1 aromatic rings. The highest BCUT2D eigenvalue weighted by molar-refractivity contribution is 7.12. The summed E-state index contributed by atoms with van der Waals surface area (Å²) in [5, 5.41) is 4.66. The highest BCUT2D eigenvalue weighted by Gasteiger charge is 2.20. The third-order valence-corrected chi connectivity index (χ3v) is 4.30. The standard InChI is InChI=1S/C15H24N2O3S/c1-9(2)5-11(7-16)6-12(18)17-13-10(3)8-21-14(13)15(19)20-4/h8-9,11H,5-7,16H2,1-4H3,(H,17,18)/t11-/m0/s1. The highest BCUT2D eigenvalue weighted by Crippen LogP contribution is 2.28. The van der Waals surface area contributed by atoms with Gasteiger partial charge in [-0.1, -0.05) is 13.8 Å². The SMILES string of the molecule is COC(=O)c1scc(C)c1NC(=O)C[C@@H](CN)CC(C)C. The van der Waals surface area contributed by atoms with Crippen LogP contribution in [0, 0.1) is 18.8 Å². The van der Waals surface area contributed by atoms with Crippen molar-refractivity contribution in [2.24, 2.45) is 17.6 Å². The van der Waals surface area contributed by atoms with Gasteiger partial charge in [0.25, 0.3) is 0 Å². The first-order chi connectivity index (χ1) is 9.88. The maximum Gasteiger partial charge on any atom is 0.350 e. The number of rotatable bonds is 7. The number of carbonyl (C=O) groups excluding carboxylic acids is 2. The van der Waals surface area contributed by atoms with E-state index in [2.05, 4.69) is 19.2 Å². The Balaban J connectivity index is 2.74. The largest absolute Gasteiger partial charge is 0.465 e. The Morgan fingerprint density at radius 1 is 1.43 bits per heavy atom. The number of carbonyl (C=O) groups is 2. The molecule has 1 rings (SSSR count). The van der Waals surface area contributed by atoms with Crippen molar-refractivity contribution in [1.82, 2.24) is 0 Å². The topological polar surface area (TPSA) is 81.4 Å². The predicted molar refractivity (Wildman–Crippen MR) is 85.6 cm³/mol. The van der Waals surface area contributed by atoms with Crippen molar-refractivity contribution in [3.8, 4) is 0 Å². The van der Waals surface area contributed by atoms with E-state index in [-0.39, 0.29) is 11.8 Å². The number of hydrogen-bond acceptors (Lipinski definition) is 5. The summed E-state index contributed by atoms with van der Waals surface area (Å²) < 4.78 is 4.73. The normalized spacial score (nSPS) is 12.3. The average Bonchev–Trinajstić information content (AvgIpc) is 2.78. The molecule has 1 heterocycles. The van der Waals surface area contributed by atoms with Crippen molar-refractivity contribution in [1.29, 1.82) is 0 Å². The Labute approximate surface area is 129 Å². The smallest absolute Gasteiger partial charge is 0.350 e. The van der Waals surface area contributed by atoms with Crippen LogP contribution in [-0.2, 0) is 9.53 Å². The molecule has 0 saturated heterocycles. The van der Waals surface area contributed by atoms with E-state index in [1.807, 2.05) is 12.3 Å². The molecule has 1 aromatic heterocycles. The van der Waals surface area contributed by atoms with Crippen molar-refractivity contribution in [3.05, 3.63) is 15.8 Å². The molecule has 1 amide bonds. The van der Waals surface area contributed by atoms with Crippen molar-refractivity contribution < 1.29 is 14.3 Å². The monoisotopic (exact) mass is 312 g/mol. The first-order valence-electron chi connectivity index (χ1n) is 7.05. The molecule has 5 nitrogen and oxygen atoms in total. The molecular formula is C15H24N2O3S. The summed E-state index contributed by atoms with van der Waals surface area (Å²) in [6.07, 6.45) is 1.28. The molecule has 0 saturated carbocycles. The molecule has 0 unspecified atom stereocenters. The van der Waals surface area contributed by atoms with Crippen molar-refractivity contribution in [2.45, 2.75) is 33.6 Å². The van der Waals surface area contributed by atoms with E-state index >= 15 is 0 Å². The van der Waals surface area contributed by atoms with Crippen LogP contribution >= 0.6 is 11.3 Å². The molecule has 3 N–H and O–H groups in total. The molecule has 0 aliphatic carbocycles. The van der Waals surface area contributed by atoms with Crippen LogP contribution in [-0.4, -0.2) is 25.5 Å². The number of nitrogens with two attached hydrogens (primary N) is 1. The first kappa shape index (κ1) is 17.7. The van der Waals surface area contributed by atoms with Gasteiger partial charge in [0.05, 0.1) is 12.8 Å². The van der Waals surface area contributed by atoms with Crippen LogP contribution in [0.5, 0.6) is 0 Å². The van der Waals surface area contributed by atoms with E-state index in [1.165, 1.54) is 18.4 Å². The van der Waals surface area contributed by atoms with Crippen molar-refractivity contribution in [2.75, 3.05) is 19.0 Å². The van der Waals surface area contributed by atoms with Gasteiger partial charge in [-0.05, 0) is 42.7 Å². The second-order valence-corrected chi connectivity index (χ2v) is 6.48. The van der Waals surface area contributed by atoms with Gasteiger partial charge in [-0.25, -0.2) is 4.79 Å². The quantitative estimate of drug-likeness (QED) is 0.759. The summed E-state index contributed by atoms with van der Waals surface area (Å²) in [4.78, 5) is 24.3. The molecule has 0 spiro atoms. The minimum Gasteiger partial charge on any atom is -0.465 e. The summed E-state index contributed by atoms with van der Waals surface area (Å²) in [6.45, 7) is 6.56. The van der Waals surface area contributed by atoms with Crippen LogP contribution in [0.2, 0.25) is 0 Å². The highest BCUT2D eigenvalue weighted by atomic mass is 32.1. The third kappa shape index (κ3) is 5.13. The molecule has 1 atom stereocenters. The van der Waals surface area contributed by atoms with Gasteiger partial charge in [0.2, 0.25) is 5.91 Å². The fourth-order valence-electron chi connectivity index (χ4n) is 2.22. The van der Waals surface area contributed by atoms with Gasteiger partial charge in [-0.15, -0.1) is 11.3 Å². The van der Waals surface area contributed by atoms with E-state index in [4.69, 9.17) is 10.5 Å². The molecule has 6 heteroatoms. The van der Waals surface area contributed by atoms with Crippen LogP contribution < -0.4 is 11.1 Å². The number of aryl methyl sites for hydroxylation is 1. The zero-order valence-corrected chi connectivity index (χ0v) is 13.9. The molecule has 0 aliphatic rings. The molecule has 0 aromatic carbocycles. The van der Waals surface area contributed by atoms with Gasteiger partial charge in [0, 0.05) is 6.42 Å². The zero-order valence-electron chi connectivity index (χ0n) is 13.1. The number of nitrogens with one attached hydrogen (secondary N) is 1. The summed E-state index contributed by atoms with van der Waals surface area (Å²) >= 11 is 1.27. The van der Waals surface area contributed by atoms with Crippen molar-refractivity contribution >= 4 is 28.9 Å². The van der Waals surface area contributed by atoms with E-state index in [0.717, 1.165) is 12.0 Å². The van der Waals surface area contributed by atoms with Gasteiger partial charge in [-0.3, -0.25) is 4.79 Å². The van der Waals surface area contributed by atoms with Crippen LogP contribution in [0.25, 0.3) is 0 Å². The first-order valence-corrected chi connectivity index (χ1v) is 7.93. The number of esters is 1. The number of anilines is 1. The van der Waals surface area contributed by atoms with Crippen LogP contribution in [0.1, 0.15) is 41.9 Å². The Kier molecular flexibility index (Phi) is 6.84. The average molecular weight is 312 g/mol. The van der Waals surface area contributed by atoms with E-state index in [1.54, 1.807) is 0 Å². The molecule has 0 aliphatic heterocycles. The Bertz CT molecular complexity index is 497. The zero-order chi connectivity index (χ0) is 16.0. The minimum atomic E-state index is -0.430. The lowest BCUT2D eigenvalue weighted by Gasteiger charge is -2.16. The van der Waals surface area contributed by atoms with Crippen LogP contribution in [0.15, 0.2) is 5.38 Å². The molecule has 0 bridgehead atoms. The summed E-state index contributed by atoms with van der Waals surface area (Å²) in [7, 11) is 1.33. The lowest BCUT2D eigenvalue weighted by atomic mass is 9.94. The molecule has 118 valence electrons. The molecule has 21 heavy (non-hydrogen) atoms. The van der Waals surface area contributed by atoms with Gasteiger partial charge in [-0.2, -0.15) is 0 Å². The third-order valence-electron chi connectivity index (χ3n) is 3.22. The van der Waals surface area contributed by atoms with E-state index in [9.17, 15) is 9.59 Å². The lowest BCUT2D eigenvalue weighted by molar-refractivity contribution is -0.117. The molecule has 0 fully saturated rings. The molecular weight excluding hydrogens is 288 g/mol. The number of amides is 1. The molecule has 0 radical (unpaired) electrons. The number of ether oxygens (including phenoxy) is 1. The number of methoxy groups -OCH3 is 1. The Morgan fingerprint density at radius 2 is 2.10 bits per heavy atom. The lowest BCUT2D eigenvalue weighted by Crippen LogP contribution is -2.24. The fourth-order valence-corrected chi connectivity index (χ4v) is 3.15. The van der Waals surface area contributed by atoms with Crippen molar-refractivity contribution in [3.63, 3.8) is 0 Å². The van der Waals surface area contributed by atoms with E-state index in [0.29, 0.717) is 29.4 Å². The van der Waals surface area contributed by atoms with Gasteiger partial charge >= 0.3 is 5.97 Å². The minimum absolute atomic E-state index is 0.113. The Morgan fingerprint density at radius 3 is 2.62 bits per heavy atom. The maximum absolute atomic E-state index is 12.2. The van der Waals surface area contributed by atoms with Gasteiger partial charge in [0.15, 0.2) is 0 Å². The second kappa shape index (κ2) is 8.14. The summed E-state index contributed by atoms with van der Waals surface area (Å²) in [6, 6.07) is 0. The van der Waals surface area contributed by atoms with E-state index < -0.39 is 5.97 Å².